The molecule has 0 radical (unpaired) electrons. The maximum atomic E-state index is 10.4. The third-order valence-electron chi connectivity index (χ3n) is 6.11. The second-order valence-corrected chi connectivity index (χ2v) is 9.22. The summed E-state index contributed by atoms with van der Waals surface area (Å²) < 4.78 is 9.21. The van der Waals surface area contributed by atoms with Gasteiger partial charge in [0.15, 0.2) is 5.82 Å². The molecule has 4 rings (SSSR count). The van der Waals surface area contributed by atoms with E-state index in [9.17, 15) is 5.11 Å². The van der Waals surface area contributed by atoms with Crippen molar-refractivity contribution in [2.75, 3.05) is 26.0 Å². The number of fused-ring (bicyclic) bond motifs is 1. The Morgan fingerprint density at radius 3 is 2.65 bits per heavy atom. The molecule has 0 amide bonds. The summed E-state index contributed by atoms with van der Waals surface area (Å²) in [6.07, 6.45) is 5.18. The van der Waals surface area contributed by atoms with E-state index in [1.54, 1.807) is 17.9 Å². The van der Waals surface area contributed by atoms with Crippen LogP contribution in [0.2, 0.25) is 0 Å². The molecule has 3 aromatic heterocycles. The van der Waals surface area contributed by atoms with Gasteiger partial charge in [0, 0.05) is 48.5 Å². The molecule has 0 aliphatic heterocycles. The summed E-state index contributed by atoms with van der Waals surface area (Å²) in [6, 6.07) is 11.7. The molecule has 2 N–H and O–H groups in total. The summed E-state index contributed by atoms with van der Waals surface area (Å²) in [5, 5.41) is 18.4. The van der Waals surface area contributed by atoms with Gasteiger partial charge in [-0.05, 0) is 77.1 Å². The zero-order valence-electron chi connectivity index (χ0n) is 22.5. The number of ether oxygens (including phenoxy) is 1. The lowest BCUT2D eigenvalue weighted by Crippen LogP contribution is -2.11. The van der Waals surface area contributed by atoms with Gasteiger partial charge in [-0.1, -0.05) is 0 Å². The molecule has 0 aliphatic carbocycles. The fourth-order valence-electron chi connectivity index (χ4n) is 3.90. The molecule has 9 nitrogen and oxygen atoms in total. The van der Waals surface area contributed by atoms with Crippen LogP contribution in [0.25, 0.3) is 22.7 Å². The van der Waals surface area contributed by atoms with Gasteiger partial charge in [0.2, 0.25) is 5.88 Å². The lowest BCUT2D eigenvalue weighted by molar-refractivity contribution is 0.198. The largest absolute Gasteiger partial charge is 0.477 e. The van der Waals surface area contributed by atoms with Gasteiger partial charge in [-0.2, -0.15) is 0 Å². The number of hydrogen-bond acceptors (Lipinski definition) is 7. The Hall–Kier alpha value is -4.11. The fourth-order valence-corrected chi connectivity index (χ4v) is 3.90. The highest BCUT2D eigenvalue weighted by Crippen LogP contribution is 2.27. The van der Waals surface area contributed by atoms with Crippen molar-refractivity contribution >= 4 is 16.7 Å². The molecule has 194 valence electrons. The van der Waals surface area contributed by atoms with Crippen molar-refractivity contribution in [3.63, 3.8) is 0 Å². The smallest absolute Gasteiger partial charge is 0.233 e. The SMILES string of the molecule is CCOc1cc(C)n(-c2nc(-n3cnc4cc(N/C(C)=C/C=C(/C)N(C)C)ccc43)ccc2C(C)O)n1. The monoisotopic (exact) mass is 501 g/mol. The molecule has 3 heterocycles. The van der Waals surface area contributed by atoms with E-state index in [-0.39, 0.29) is 0 Å². The molecular weight excluding hydrogens is 466 g/mol. The van der Waals surface area contributed by atoms with Crippen LogP contribution in [-0.2, 0) is 0 Å². The molecule has 0 aliphatic rings. The van der Waals surface area contributed by atoms with Crippen LogP contribution in [0.5, 0.6) is 5.88 Å². The van der Waals surface area contributed by atoms with Crippen molar-refractivity contribution in [2.45, 2.75) is 40.7 Å². The van der Waals surface area contributed by atoms with Gasteiger partial charge < -0.3 is 20.1 Å². The first-order chi connectivity index (χ1) is 17.7. The summed E-state index contributed by atoms with van der Waals surface area (Å²) in [5.41, 5.74) is 6.45. The first kappa shape index (κ1) is 26.0. The maximum Gasteiger partial charge on any atom is 0.233 e. The molecule has 0 saturated heterocycles. The number of pyridine rings is 1. The Kier molecular flexibility index (Phi) is 7.63. The van der Waals surface area contributed by atoms with E-state index in [0.717, 1.165) is 28.1 Å². The van der Waals surface area contributed by atoms with Crippen LogP contribution in [0.4, 0.5) is 5.69 Å². The van der Waals surface area contributed by atoms with Crippen LogP contribution in [0.3, 0.4) is 0 Å². The van der Waals surface area contributed by atoms with E-state index < -0.39 is 6.10 Å². The highest BCUT2D eigenvalue weighted by Gasteiger charge is 2.18. The van der Waals surface area contributed by atoms with Crippen molar-refractivity contribution in [1.29, 1.82) is 0 Å². The second kappa shape index (κ2) is 10.9. The first-order valence-corrected chi connectivity index (χ1v) is 12.3. The number of nitrogens with one attached hydrogen (secondary N) is 1. The van der Waals surface area contributed by atoms with Crippen LogP contribution < -0.4 is 10.1 Å². The number of anilines is 1. The van der Waals surface area contributed by atoms with Gasteiger partial charge >= 0.3 is 0 Å². The van der Waals surface area contributed by atoms with Gasteiger partial charge in [0.1, 0.15) is 12.1 Å². The Bertz CT molecular complexity index is 1460. The Morgan fingerprint density at radius 1 is 1.16 bits per heavy atom. The quantitative estimate of drug-likeness (QED) is 0.307. The number of imidazole rings is 1. The van der Waals surface area contributed by atoms with Gasteiger partial charge in [-0.15, -0.1) is 5.10 Å². The van der Waals surface area contributed by atoms with Crippen LogP contribution in [-0.4, -0.2) is 55.0 Å². The zero-order valence-corrected chi connectivity index (χ0v) is 22.5. The number of hydrogen-bond donors (Lipinski definition) is 2. The number of aryl methyl sites for hydroxylation is 1. The van der Waals surface area contributed by atoms with E-state index >= 15 is 0 Å². The molecule has 0 fully saturated rings. The van der Waals surface area contributed by atoms with Crippen molar-refractivity contribution < 1.29 is 9.84 Å². The molecule has 0 saturated carbocycles. The van der Waals surface area contributed by atoms with E-state index in [0.29, 0.717) is 29.7 Å². The molecule has 1 atom stereocenters. The topological polar surface area (TPSA) is 93.3 Å². The fraction of sp³-hybridized carbons (Fsp3) is 0.321. The number of aliphatic hydroxyl groups is 1. The van der Waals surface area contributed by atoms with E-state index in [1.807, 2.05) is 75.8 Å². The summed E-state index contributed by atoms with van der Waals surface area (Å²) in [6.45, 7) is 10.2. The number of aromatic nitrogens is 5. The van der Waals surface area contributed by atoms with Crippen molar-refractivity contribution in [2.24, 2.45) is 0 Å². The highest BCUT2D eigenvalue weighted by molar-refractivity contribution is 5.81. The van der Waals surface area contributed by atoms with Gasteiger partial charge in [-0.25, -0.2) is 14.6 Å². The van der Waals surface area contributed by atoms with Crippen LogP contribution in [0.15, 0.2) is 66.3 Å². The number of benzene rings is 1. The molecule has 1 unspecified atom stereocenters. The predicted molar refractivity (Wildman–Crippen MR) is 147 cm³/mol. The summed E-state index contributed by atoms with van der Waals surface area (Å²) in [4.78, 5) is 11.6. The van der Waals surface area contributed by atoms with Crippen LogP contribution in [0.1, 0.15) is 45.1 Å². The van der Waals surface area contributed by atoms with E-state index in [4.69, 9.17) is 9.72 Å². The minimum Gasteiger partial charge on any atom is -0.477 e. The summed E-state index contributed by atoms with van der Waals surface area (Å²) >= 11 is 0. The average molecular weight is 502 g/mol. The molecule has 4 aromatic rings. The third kappa shape index (κ3) is 5.67. The summed E-state index contributed by atoms with van der Waals surface area (Å²) in [5.74, 6) is 1.75. The van der Waals surface area contributed by atoms with Crippen molar-refractivity contribution in [3.05, 3.63) is 77.5 Å². The molecule has 9 heteroatoms. The lowest BCUT2D eigenvalue weighted by atomic mass is 10.1. The Balaban J connectivity index is 1.68. The Morgan fingerprint density at radius 2 is 1.95 bits per heavy atom. The Labute approximate surface area is 217 Å². The van der Waals surface area contributed by atoms with E-state index in [2.05, 4.69) is 39.4 Å². The molecule has 1 aromatic carbocycles. The molecule has 0 spiro atoms. The molecule has 37 heavy (non-hydrogen) atoms. The van der Waals surface area contributed by atoms with Crippen LogP contribution in [0, 0.1) is 6.92 Å². The normalized spacial score (nSPS) is 13.2. The second-order valence-electron chi connectivity index (χ2n) is 9.22. The number of nitrogens with zero attached hydrogens (tertiary/aromatic N) is 6. The van der Waals surface area contributed by atoms with Crippen molar-refractivity contribution in [1.82, 2.24) is 29.2 Å². The average Bonchev–Trinajstić information content (AvgIpc) is 3.45. The third-order valence-corrected chi connectivity index (χ3v) is 6.11. The van der Waals surface area contributed by atoms with Gasteiger partial charge in [-0.3, -0.25) is 4.57 Å². The van der Waals surface area contributed by atoms with Gasteiger partial charge in [0.25, 0.3) is 0 Å². The van der Waals surface area contributed by atoms with E-state index in [1.165, 1.54) is 5.70 Å². The minimum absolute atomic E-state index is 0.521. The maximum absolute atomic E-state index is 10.4. The zero-order chi connectivity index (χ0) is 26.7. The van der Waals surface area contributed by atoms with Crippen LogP contribution >= 0.6 is 0 Å². The van der Waals surface area contributed by atoms with Crippen molar-refractivity contribution in [3.8, 4) is 17.5 Å². The number of aliphatic hydroxyl groups excluding tert-OH is 1. The molecular formula is C28H35N7O2. The standard InChI is InChI=1S/C28H35N7O2/c1-8-37-27-15-20(4)35(32-27)28-23(21(5)36)12-14-26(31-28)34-17-29-24-16-22(11-13-25(24)34)30-18(2)9-10-19(3)33(6)7/h9-17,21,30,36H,8H2,1-7H3/b18-9+,19-10-. The lowest BCUT2D eigenvalue weighted by Gasteiger charge is -2.15. The minimum atomic E-state index is -0.712. The first-order valence-electron chi connectivity index (χ1n) is 12.3. The number of allylic oxidation sites excluding steroid dienone is 4. The number of rotatable bonds is 9. The highest BCUT2D eigenvalue weighted by atomic mass is 16.5. The van der Waals surface area contributed by atoms with Gasteiger partial charge in [0.05, 0.1) is 23.7 Å². The molecule has 0 bridgehead atoms. The summed E-state index contributed by atoms with van der Waals surface area (Å²) in [7, 11) is 4.05. The predicted octanol–water partition coefficient (Wildman–Crippen LogP) is 5.15.